The summed E-state index contributed by atoms with van der Waals surface area (Å²) >= 11 is 1.68. The zero-order valence-electron chi connectivity index (χ0n) is 8.12. The Bertz CT molecular complexity index is 354. The molecule has 1 aliphatic heterocycles. The molecular formula is C8H14N4OS. The lowest BCUT2D eigenvalue weighted by atomic mass is 10.3. The molecular weight excluding hydrogens is 200 g/mol. The lowest BCUT2D eigenvalue weighted by molar-refractivity contribution is 0.537. The van der Waals surface area contributed by atoms with Gasteiger partial charge in [-0.1, -0.05) is 18.7 Å². The SMILES string of the molecule is CCCn1c(SC2CNC2)n[nH]c1=O. The van der Waals surface area contributed by atoms with E-state index < -0.39 is 0 Å². The highest BCUT2D eigenvalue weighted by molar-refractivity contribution is 7.99. The predicted molar refractivity (Wildman–Crippen MR) is 55.7 cm³/mol. The third kappa shape index (κ3) is 1.85. The molecule has 1 saturated heterocycles. The van der Waals surface area contributed by atoms with Crippen molar-refractivity contribution in [1.82, 2.24) is 20.1 Å². The zero-order valence-corrected chi connectivity index (χ0v) is 8.93. The van der Waals surface area contributed by atoms with Gasteiger partial charge in [-0.15, -0.1) is 5.10 Å². The molecule has 5 nitrogen and oxygen atoms in total. The Hall–Kier alpha value is -0.750. The summed E-state index contributed by atoms with van der Waals surface area (Å²) in [6.45, 7) is 4.83. The van der Waals surface area contributed by atoms with E-state index in [9.17, 15) is 4.79 Å². The second kappa shape index (κ2) is 4.18. The van der Waals surface area contributed by atoms with Crippen LogP contribution in [0.5, 0.6) is 0 Å². The fourth-order valence-corrected chi connectivity index (χ4v) is 2.41. The lowest BCUT2D eigenvalue weighted by Gasteiger charge is -2.25. The van der Waals surface area contributed by atoms with Gasteiger partial charge in [0, 0.05) is 24.9 Å². The predicted octanol–water partition coefficient (Wildman–Crippen LogP) is 0.0453. The van der Waals surface area contributed by atoms with Crippen LogP contribution in [0.1, 0.15) is 13.3 Å². The fourth-order valence-electron chi connectivity index (χ4n) is 1.31. The summed E-state index contributed by atoms with van der Waals surface area (Å²) < 4.78 is 1.71. The molecule has 2 rings (SSSR count). The number of H-pyrrole nitrogens is 1. The Morgan fingerprint density at radius 1 is 1.64 bits per heavy atom. The molecule has 0 aromatic carbocycles. The van der Waals surface area contributed by atoms with E-state index in [1.54, 1.807) is 16.3 Å². The summed E-state index contributed by atoms with van der Waals surface area (Å²) in [7, 11) is 0. The minimum atomic E-state index is -0.0957. The molecule has 14 heavy (non-hydrogen) atoms. The summed E-state index contributed by atoms with van der Waals surface area (Å²) in [5, 5.41) is 11.1. The molecule has 78 valence electrons. The third-order valence-electron chi connectivity index (χ3n) is 2.19. The van der Waals surface area contributed by atoms with Gasteiger partial charge in [0.2, 0.25) is 0 Å². The molecule has 1 aromatic heterocycles. The Morgan fingerprint density at radius 3 is 3.00 bits per heavy atom. The van der Waals surface area contributed by atoms with Crippen LogP contribution in [0.15, 0.2) is 9.95 Å². The van der Waals surface area contributed by atoms with Gasteiger partial charge in [0.25, 0.3) is 0 Å². The maximum Gasteiger partial charge on any atom is 0.343 e. The first-order valence-electron chi connectivity index (χ1n) is 4.84. The van der Waals surface area contributed by atoms with Crippen LogP contribution >= 0.6 is 11.8 Å². The maximum atomic E-state index is 11.3. The van der Waals surface area contributed by atoms with Crippen LogP contribution in [-0.4, -0.2) is 33.1 Å². The zero-order chi connectivity index (χ0) is 9.97. The molecule has 0 spiro atoms. The molecule has 0 bridgehead atoms. The van der Waals surface area contributed by atoms with Crippen LogP contribution in [0.3, 0.4) is 0 Å². The molecule has 0 amide bonds. The minimum absolute atomic E-state index is 0.0957. The van der Waals surface area contributed by atoms with Gasteiger partial charge in [-0.3, -0.25) is 4.57 Å². The van der Waals surface area contributed by atoms with Crippen LogP contribution < -0.4 is 11.0 Å². The Morgan fingerprint density at radius 2 is 2.43 bits per heavy atom. The highest BCUT2D eigenvalue weighted by Gasteiger charge is 2.21. The molecule has 0 radical (unpaired) electrons. The van der Waals surface area contributed by atoms with Crippen molar-refractivity contribution in [3.8, 4) is 0 Å². The minimum Gasteiger partial charge on any atom is -0.314 e. The van der Waals surface area contributed by atoms with E-state index in [4.69, 9.17) is 0 Å². The highest BCUT2D eigenvalue weighted by Crippen LogP contribution is 2.22. The molecule has 0 saturated carbocycles. The molecule has 0 aliphatic carbocycles. The molecule has 1 aromatic rings. The summed E-state index contributed by atoms with van der Waals surface area (Å²) in [5.41, 5.74) is -0.0957. The van der Waals surface area contributed by atoms with Crippen LogP contribution in [0, 0.1) is 0 Å². The second-order valence-corrected chi connectivity index (χ2v) is 4.63. The number of aromatic amines is 1. The van der Waals surface area contributed by atoms with Gasteiger partial charge in [-0.2, -0.15) is 0 Å². The number of rotatable bonds is 4. The Balaban J connectivity index is 2.10. The number of thioether (sulfide) groups is 1. The first kappa shape index (κ1) is 9.79. The van der Waals surface area contributed by atoms with E-state index in [1.807, 2.05) is 0 Å². The number of nitrogens with zero attached hydrogens (tertiary/aromatic N) is 2. The van der Waals surface area contributed by atoms with Crippen molar-refractivity contribution in [2.75, 3.05) is 13.1 Å². The number of aromatic nitrogens is 3. The fraction of sp³-hybridized carbons (Fsp3) is 0.750. The molecule has 0 unspecified atom stereocenters. The van der Waals surface area contributed by atoms with Crippen LogP contribution in [-0.2, 0) is 6.54 Å². The average Bonchev–Trinajstić information content (AvgIpc) is 2.43. The van der Waals surface area contributed by atoms with E-state index >= 15 is 0 Å². The van der Waals surface area contributed by atoms with Gasteiger partial charge in [0.1, 0.15) is 0 Å². The first-order valence-corrected chi connectivity index (χ1v) is 5.71. The highest BCUT2D eigenvalue weighted by atomic mass is 32.2. The summed E-state index contributed by atoms with van der Waals surface area (Å²) in [6.07, 6.45) is 0.954. The number of hydrogen-bond acceptors (Lipinski definition) is 4. The van der Waals surface area contributed by atoms with Crippen molar-refractivity contribution in [2.45, 2.75) is 30.3 Å². The van der Waals surface area contributed by atoms with Gasteiger partial charge in [-0.25, -0.2) is 9.89 Å². The largest absolute Gasteiger partial charge is 0.343 e. The molecule has 2 N–H and O–H groups in total. The van der Waals surface area contributed by atoms with Crippen molar-refractivity contribution in [1.29, 1.82) is 0 Å². The van der Waals surface area contributed by atoms with Crippen molar-refractivity contribution >= 4 is 11.8 Å². The average molecular weight is 214 g/mol. The normalized spacial score (nSPS) is 16.9. The van der Waals surface area contributed by atoms with Gasteiger partial charge >= 0.3 is 5.69 Å². The number of hydrogen-bond donors (Lipinski definition) is 2. The van der Waals surface area contributed by atoms with Crippen molar-refractivity contribution in [2.24, 2.45) is 0 Å². The summed E-state index contributed by atoms with van der Waals surface area (Å²) in [6, 6.07) is 0. The quantitative estimate of drug-likeness (QED) is 0.743. The number of nitrogens with one attached hydrogen (secondary N) is 2. The van der Waals surface area contributed by atoms with E-state index in [1.165, 1.54) is 0 Å². The third-order valence-corrected chi connectivity index (χ3v) is 3.38. The Kier molecular flexibility index (Phi) is 2.93. The van der Waals surface area contributed by atoms with Crippen molar-refractivity contribution < 1.29 is 0 Å². The van der Waals surface area contributed by atoms with Crippen LogP contribution in [0.2, 0.25) is 0 Å². The summed E-state index contributed by atoms with van der Waals surface area (Å²) in [5.74, 6) is 0. The Labute approximate surface area is 86.3 Å². The maximum absolute atomic E-state index is 11.3. The smallest absolute Gasteiger partial charge is 0.314 e. The van der Waals surface area contributed by atoms with Crippen molar-refractivity contribution in [3.63, 3.8) is 0 Å². The standard InChI is InChI=1S/C8H14N4OS/c1-2-3-12-7(13)10-11-8(12)14-6-4-9-5-6/h6,9H,2-5H2,1H3,(H,10,13). The molecule has 0 atom stereocenters. The molecule has 1 aliphatic rings. The van der Waals surface area contributed by atoms with Crippen molar-refractivity contribution in [3.05, 3.63) is 10.5 Å². The van der Waals surface area contributed by atoms with Gasteiger partial charge in [0.05, 0.1) is 0 Å². The second-order valence-electron chi connectivity index (χ2n) is 3.36. The van der Waals surface area contributed by atoms with E-state index in [0.29, 0.717) is 5.25 Å². The van der Waals surface area contributed by atoms with Gasteiger partial charge in [0.15, 0.2) is 5.16 Å². The lowest BCUT2D eigenvalue weighted by Crippen LogP contribution is -2.44. The van der Waals surface area contributed by atoms with Crippen LogP contribution in [0.25, 0.3) is 0 Å². The van der Waals surface area contributed by atoms with E-state index in [2.05, 4.69) is 22.4 Å². The van der Waals surface area contributed by atoms with Crippen LogP contribution in [0.4, 0.5) is 0 Å². The van der Waals surface area contributed by atoms with E-state index in [-0.39, 0.29) is 5.69 Å². The summed E-state index contributed by atoms with van der Waals surface area (Å²) in [4.78, 5) is 11.3. The molecule has 1 fully saturated rings. The monoisotopic (exact) mass is 214 g/mol. The van der Waals surface area contributed by atoms with E-state index in [0.717, 1.165) is 31.2 Å². The van der Waals surface area contributed by atoms with Gasteiger partial charge in [-0.05, 0) is 6.42 Å². The molecule has 6 heteroatoms. The topological polar surface area (TPSA) is 62.7 Å². The van der Waals surface area contributed by atoms with Gasteiger partial charge < -0.3 is 5.32 Å². The molecule has 2 heterocycles. The first-order chi connectivity index (χ1) is 6.81.